The molecule has 0 unspecified atom stereocenters. The van der Waals surface area contributed by atoms with Gasteiger partial charge in [0.2, 0.25) is 6.79 Å². The molecule has 3 aromatic rings. The summed E-state index contributed by atoms with van der Waals surface area (Å²) < 4.78 is 23.9. The molecule has 136 valence electrons. The van der Waals surface area contributed by atoms with E-state index in [9.17, 15) is 9.18 Å². The van der Waals surface area contributed by atoms with Crippen LogP contribution in [0.1, 0.15) is 15.9 Å². The number of benzene rings is 3. The minimum atomic E-state index is -0.322. The summed E-state index contributed by atoms with van der Waals surface area (Å²) in [4.78, 5) is 12.5. The van der Waals surface area contributed by atoms with Gasteiger partial charge in [0.15, 0.2) is 11.5 Å². The number of carbonyl (C=O) groups excluding carboxylic acids is 1. The first-order valence-corrected chi connectivity index (χ1v) is 8.47. The van der Waals surface area contributed by atoms with Crippen LogP contribution in [0.5, 0.6) is 11.5 Å². The van der Waals surface area contributed by atoms with Crippen molar-refractivity contribution in [3.63, 3.8) is 0 Å². The maximum Gasteiger partial charge on any atom is 0.251 e. The average molecular weight is 364 g/mol. The Hall–Kier alpha value is -3.54. The van der Waals surface area contributed by atoms with Gasteiger partial charge in [-0.15, -0.1) is 0 Å². The Kier molecular flexibility index (Phi) is 4.61. The molecular formula is C21H17FN2O3. The smallest absolute Gasteiger partial charge is 0.251 e. The first kappa shape index (κ1) is 16.9. The van der Waals surface area contributed by atoms with E-state index in [1.165, 1.54) is 12.1 Å². The van der Waals surface area contributed by atoms with Gasteiger partial charge in [0, 0.05) is 23.5 Å². The molecule has 1 aliphatic heterocycles. The van der Waals surface area contributed by atoms with Crippen molar-refractivity contribution in [3.05, 3.63) is 83.7 Å². The van der Waals surface area contributed by atoms with Gasteiger partial charge < -0.3 is 20.1 Å². The third-order valence-electron chi connectivity index (χ3n) is 4.13. The lowest BCUT2D eigenvalue weighted by Gasteiger charge is -2.10. The van der Waals surface area contributed by atoms with E-state index in [1.54, 1.807) is 30.3 Å². The Labute approximate surface area is 155 Å². The van der Waals surface area contributed by atoms with Crippen molar-refractivity contribution >= 4 is 17.3 Å². The predicted molar refractivity (Wildman–Crippen MR) is 99.9 cm³/mol. The van der Waals surface area contributed by atoms with Gasteiger partial charge in [-0.25, -0.2) is 4.39 Å². The number of nitrogens with one attached hydrogen (secondary N) is 2. The first-order chi connectivity index (χ1) is 13.2. The summed E-state index contributed by atoms with van der Waals surface area (Å²) >= 11 is 0. The number of amides is 1. The highest BCUT2D eigenvalue weighted by Gasteiger charge is 2.13. The highest BCUT2D eigenvalue weighted by Crippen LogP contribution is 2.32. The lowest BCUT2D eigenvalue weighted by atomic mass is 10.1. The topological polar surface area (TPSA) is 59.6 Å². The van der Waals surface area contributed by atoms with Crippen LogP contribution in [-0.2, 0) is 6.54 Å². The lowest BCUT2D eigenvalue weighted by Crippen LogP contribution is -2.22. The number of hydrogen-bond donors (Lipinski definition) is 2. The van der Waals surface area contributed by atoms with Gasteiger partial charge >= 0.3 is 0 Å². The second-order valence-electron chi connectivity index (χ2n) is 6.09. The van der Waals surface area contributed by atoms with Gasteiger partial charge in [-0.3, -0.25) is 4.79 Å². The lowest BCUT2D eigenvalue weighted by molar-refractivity contribution is 0.0951. The number of carbonyl (C=O) groups is 1. The van der Waals surface area contributed by atoms with E-state index in [0.29, 0.717) is 35.0 Å². The van der Waals surface area contributed by atoms with Crippen molar-refractivity contribution in [2.45, 2.75) is 6.54 Å². The van der Waals surface area contributed by atoms with Crippen LogP contribution in [0.4, 0.5) is 15.8 Å². The summed E-state index contributed by atoms with van der Waals surface area (Å²) in [5.41, 5.74) is 2.75. The van der Waals surface area contributed by atoms with Crippen LogP contribution in [0.2, 0.25) is 0 Å². The molecule has 0 saturated carbocycles. The number of halogens is 1. The second-order valence-corrected chi connectivity index (χ2v) is 6.09. The van der Waals surface area contributed by atoms with Crippen molar-refractivity contribution in [1.29, 1.82) is 0 Å². The summed E-state index contributed by atoms with van der Waals surface area (Å²) in [6.45, 7) is 0.591. The summed E-state index contributed by atoms with van der Waals surface area (Å²) in [6.07, 6.45) is 0. The van der Waals surface area contributed by atoms with E-state index in [0.717, 1.165) is 5.56 Å². The SMILES string of the molecule is O=C(NCc1ccc2c(c1)OCO2)c1cccc(Nc2cccc(F)c2)c1. The second kappa shape index (κ2) is 7.37. The van der Waals surface area contributed by atoms with Crippen LogP contribution in [-0.4, -0.2) is 12.7 Å². The molecule has 6 heteroatoms. The molecule has 1 aliphatic rings. The zero-order chi connectivity index (χ0) is 18.6. The van der Waals surface area contributed by atoms with E-state index in [4.69, 9.17) is 9.47 Å². The Morgan fingerprint density at radius 2 is 1.70 bits per heavy atom. The Balaban J connectivity index is 1.41. The molecule has 4 rings (SSSR count). The molecular weight excluding hydrogens is 347 g/mol. The van der Waals surface area contributed by atoms with Crippen molar-refractivity contribution in [2.75, 3.05) is 12.1 Å². The maximum atomic E-state index is 13.3. The third kappa shape index (κ3) is 4.00. The average Bonchev–Trinajstić information content (AvgIpc) is 3.14. The van der Waals surface area contributed by atoms with Crippen molar-refractivity contribution in [1.82, 2.24) is 5.32 Å². The van der Waals surface area contributed by atoms with Gasteiger partial charge in [0.05, 0.1) is 0 Å². The Morgan fingerprint density at radius 1 is 0.926 bits per heavy atom. The van der Waals surface area contributed by atoms with Gasteiger partial charge in [-0.1, -0.05) is 18.2 Å². The first-order valence-electron chi connectivity index (χ1n) is 8.47. The zero-order valence-electron chi connectivity index (χ0n) is 14.4. The summed E-state index contributed by atoms with van der Waals surface area (Å²) in [7, 11) is 0. The molecule has 0 aliphatic carbocycles. The molecule has 5 nitrogen and oxygen atoms in total. The molecule has 0 aromatic heterocycles. The molecule has 1 heterocycles. The standard InChI is InChI=1S/C21H17FN2O3/c22-16-4-2-6-18(11-16)24-17-5-1-3-15(10-17)21(25)23-12-14-7-8-19-20(9-14)27-13-26-19/h1-11,24H,12-13H2,(H,23,25). The van der Waals surface area contributed by atoms with E-state index in [2.05, 4.69) is 10.6 Å². The summed E-state index contributed by atoms with van der Waals surface area (Å²) in [6, 6.07) is 18.8. The predicted octanol–water partition coefficient (Wildman–Crippen LogP) is 4.23. The quantitative estimate of drug-likeness (QED) is 0.711. The van der Waals surface area contributed by atoms with Gasteiger partial charge in [0.25, 0.3) is 5.91 Å². The molecule has 0 saturated heterocycles. The molecule has 0 radical (unpaired) electrons. The van der Waals surface area contributed by atoms with Crippen LogP contribution >= 0.6 is 0 Å². The number of ether oxygens (including phenoxy) is 2. The van der Waals surface area contributed by atoms with Gasteiger partial charge in [-0.05, 0) is 54.1 Å². The van der Waals surface area contributed by atoms with E-state index in [1.807, 2.05) is 24.3 Å². The minimum absolute atomic E-state index is 0.199. The van der Waals surface area contributed by atoms with E-state index < -0.39 is 0 Å². The highest BCUT2D eigenvalue weighted by atomic mass is 19.1. The van der Waals surface area contributed by atoms with Gasteiger partial charge in [-0.2, -0.15) is 0 Å². The van der Waals surface area contributed by atoms with Crippen LogP contribution in [0.25, 0.3) is 0 Å². The molecule has 2 N–H and O–H groups in total. The van der Waals surface area contributed by atoms with Crippen LogP contribution in [0.3, 0.4) is 0 Å². The molecule has 1 amide bonds. The fourth-order valence-electron chi connectivity index (χ4n) is 2.81. The number of anilines is 2. The summed E-state index contributed by atoms with van der Waals surface area (Å²) in [5.74, 6) is 0.873. The van der Waals surface area contributed by atoms with Gasteiger partial charge in [0.1, 0.15) is 5.82 Å². The molecule has 27 heavy (non-hydrogen) atoms. The molecule has 0 spiro atoms. The normalized spacial score (nSPS) is 11.9. The van der Waals surface area contributed by atoms with Crippen molar-refractivity contribution < 1.29 is 18.7 Å². The van der Waals surface area contributed by atoms with Crippen LogP contribution in [0.15, 0.2) is 66.7 Å². The Bertz CT molecular complexity index is 991. The number of hydrogen-bond acceptors (Lipinski definition) is 4. The fourth-order valence-corrected chi connectivity index (χ4v) is 2.81. The third-order valence-corrected chi connectivity index (χ3v) is 4.13. The van der Waals surface area contributed by atoms with Crippen molar-refractivity contribution in [3.8, 4) is 11.5 Å². The van der Waals surface area contributed by atoms with E-state index >= 15 is 0 Å². The maximum absolute atomic E-state index is 13.3. The number of fused-ring (bicyclic) bond motifs is 1. The van der Waals surface area contributed by atoms with Crippen molar-refractivity contribution in [2.24, 2.45) is 0 Å². The summed E-state index contributed by atoms with van der Waals surface area (Å²) in [5, 5.41) is 5.98. The van der Waals surface area contributed by atoms with Crippen LogP contribution < -0.4 is 20.1 Å². The highest BCUT2D eigenvalue weighted by molar-refractivity contribution is 5.95. The minimum Gasteiger partial charge on any atom is -0.454 e. The van der Waals surface area contributed by atoms with E-state index in [-0.39, 0.29) is 18.5 Å². The molecule has 0 fully saturated rings. The number of rotatable bonds is 5. The molecule has 3 aromatic carbocycles. The largest absolute Gasteiger partial charge is 0.454 e. The van der Waals surface area contributed by atoms with Crippen LogP contribution in [0, 0.1) is 5.82 Å². The monoisotopic (exact) mass is 364 g/mol. The zero-order valence-corrected chi connectivity index (χ0v) is 14.4. The molecule has 0 atom stereocenters. The molecule has 0 bridgehead atoms. The Morgan fingerprint density at radius 3 is 2.56 bits per heavy atom. The fraction of sp³-hybridized carbons (Fsp3) is 0.0952.